The molecule has 2 rings (SSSR count). The number of phenolic OH excluding ortho intramolecular Hbond substituents is 2. The van der Waals surface area contributed by atoms with Gasteiger partial charge in [-0.3, -0.25) is 9.59 Å². The topological polar surface area (TPSA) is 94.8 Å². The van der Waals surface area contributed by atoms with Crippen molar-refractivity contribution in [2.75, 3.05) is 0 Å². The third kappa shape index (κ3) is 2.83. The fraction of sp³-hybridized carbons (Fsp3) is 0.375. The molecule has 3 N–H and O–H groups in total. The Morgan fingerprint density at radius 1 is 1.24 bits per heavy atom. The lowest BCUT2D eigenvalue weighted by Crippen LogP contribution is -2.35. The summed E-state index contributed by atoms with van der Waals surface area (Å²) in [6.45, 7) is 3.75. The van der Waals surface area contributed by atoms with Crippen LogP contribution in [0.2, 0.25) is 0 Å². The fourth-order valence-corrected chi connectivity index (χ4v) is 2.52. The predicted molar refractivity (Wildman–Crippen MR) is 76.6 cm³/mol. The minimum Gasteiger partial charge on any atom is -0.507 e. The van der Waals surface area contributed by atoms with Crippen molar-refractivity contribution < 1.29 is 24.9 Å². The zero-order chi connectivity index (χ0) is 15.7. The average Bonchev–Trinajstić information content (AvgIpc) is 2.42. The molecule has 1 aliphatic carbocycles. The number of fused-ring (bicyclic) bond motifs is 1. The molecule has 5 nitrogen and oxygen atoms in total. The van der Waals surface area contributed by atoms with E-state index in [1.54, 1.807) is 6.08 Å². The molecule has 0 bridgehead atoms. The van der Waals surface area contributed by atoms with Gasteiger partial charge in [-0.05, 0) is 32.4 Å². The Morgan fingerprint density at radius 2 is 1.81 bits per heavy atom. The van der Waals surface area contributed by atoms with Crippen molar-refractivity contribution in [3.63, 3.8) is 0 Å². The van der Waals surface area contributed by atoms with E-state index in [9.17, 15) is 24.9 Å². The molecule has 0 heterocycles. The van der Waals surface area contributed by atoms with E-state index in [1.165, 1.54) is 12.1 Å². The SMILES string of the molecule is CC(C)=CCC(O)C1CC(=O)c2c(O)ccc(O)c2C1=O. The highest BCUT2D eigenvalue weighted by molar-refractivity contribution is 6.17. The molecule has 0 radical (unpaired) electrons. The van der Waals surface area contributed by atoms with Gasteiger partial charge in [0.2, 0.25) is 0 Å². The van der Waals surface area contributed by atoms with E-state index in [1.807, 2.05) is 13.8 Å². The van der Waals surface area contributed by atoms with Gasteiger partial charge in [-0.25, -0.2) is 0 Å². The van der Waals surface area contributed by atoms with Crippen molar-refractivity contribution in [2.45, 2.75) is 32.8 Å². The number of carbonyl (C=O) groups excluding carboxylic acids is 2. The number of Topliss-reactive ketones (excluding diaryl/α,β-unsaturated/α-hetero) is 2. The number of allylic oxidation sites excluding steroid dienone is 1. The monoisotopic (exact) mass is 290 g/mol. The van der Waals surface area contributed by atoms with Gasteiger partial charge in [0.15, 0.2) is 11.6 Å². The maximum Gasteiger partial charge on any atom is 0.173 e. The van der Waals surface area contributed by atoms with Gasteiger partial charge in [0.1, 0.15) is 11.5 Å². The fourth-order valence-electron chi connectivity index (χ4n) is 2.52. The summed E-state index contributed by atoms with van der Waals surface area (Å²) in [6.07, 6.45) is 0.896. The van der Waals surface area contributed by atoms with Gasteiger partial charge >= 0.3 is 0 Å². The van der Waals surface area contributed by atoms with E-state index in [-0.39, 0.29) is 35.5 Å². The molecule has 1 aromatic rings. The average molecular weight is 290 g/mol. The zero-order valence-electron chi connectivity index (χ0n) is 12.0. The molecule has 21 heavy (non-hydrogen) atoms. The van der Waals surface area contributed by atoms with E-state index in [2.05, 4.69) is 0 Å². The molecule has 5 heteroatoms. The van der Waals surface area contributed by atoms with Crippen molar-refractivity contribution in [3.05, 3.63) is 34.9 Å². The molecule has 0 aromatic heterocycles. The van der Waals surface area contributed by atoms with Gasteiger partial charge in [-0.1, -0.05) is 11.6 Å². The van der Waals surface area contributed by atoms with E-state index in [0.717, 1.165) is 5.57 Å². The summed E-state index contributed by atoms with van der Waals surface area (Å²) >= 11 is 0. The van der Waals surface area contributed by atoms with Crippen LogP contribution < -0.4 is 0 Å². The van der Waals surface area contributed by atoms with Crippen LogP contribution in [0.1, 0.15) is 47.4 Å². The molecule has 2 unspecified atom stereocenters. The third-order valence-corrected chi connectivity index (χ3v) is 3.66. The Kier molecular flexibility index (Phi) is 4.14. The Hall–Kier alpha value is -2.14. The number of phenols is 2. The minimum atomic E-state index is -0.994. The normalized spacial score (nSPS) is 19.1. The predicted octanol–water partition coefficient (Wildman–Crippen LogP) is 2.20. The number of rotatable bonds is 3. The summed E-state index contributed by atoms with van der Waals surface area (Å²) in [5, 5.41) is 29.7. The van der Waals surface area contributed by atoms with Crippen LogP contribution in [0.15, 0.2) is 23.8 Å². The van der Waals surface area contributed by atoms with Crippen molar-refractivity contribution in [1.82, 2.24) is 0 Å². The number of ketones is 2. The molecule has 1 aromatic carbocycles. The Bertz CT molecular complexity index is 626. The van der Waals surface area contributed by atoms with E-state index >= 15 is 0 Å². The van der Waals surface area contributed by atoms with Crippen molar-refractivity contribution >= 4 is 11.6 Å². The minimum absolute atomic E-state index is 0.148. The van der Waals surface area contributed by atoms with Gasteiger partial charge in [-0.2, -0.15) is 0 Å². The van der Waals surface area contributed by atoms with Crippen molar-refractivity contribution in [3.8, 4) is 11.5 Å². The van der Waals surface area contributed by atoms with Crippen LogP contribution in [0.3, 0.4) is 0 Å². The molecule has 1 aliphatic rings. The highest BCUT2D eigenvalue weighted by atomic mass is 16.3. The first-order chi connectivity index (χ1) is 9.82. The molecule has 0 amide bonds. The van der Waals surface area contributed by atoms with Crippen LogP contribution >= 0.6 is 0 Å². The highest BCUT2D eigenvalue weighted by Crippen LogP contribution is 2.38. The van der Waals surface area contributed by atoms with Gasteiger partial charge in [-0.15, -0.1) is 0 Å². The number of hydrogen-bond donors (Lipinski definition) is 3. The second-order valence-electron chi connectivity index (χ2n) is 5.54. The van der Waals surface area contributed by atoms with Crippen LogP contribution in [0, 0.1) is 5.92 Å². The molecule has 2 atom stereocenters. The summed E-state index contributed by atoms with van der Waals surface area (Å²) in [5.41, 5.74) is 0.669. The lowest BCUT2D eigenvalue weighted by molar-refractivity contribution is 0.0592. The van der Waals surface area contributed by atoms with Crippen LogP contribution in [0.25, 0.3) is 0 Å². The molecule has 0 fully saturated rings. The van der Waals surface area contributed by atoms with Crippen molar-refractivity contribution in [2.24, 2.45) is 5.92 Å². The summed E-state index contributed by atoms with van der Waals surface area (Å²) in [6, 6.07) is 2.35. The number of hydrogen-bond acceptors (Lipinski definition) is 5. The molecule has 0 saturated carbocycles. The number of aliphatic hydroxyl groups excluding tert-OH is 1. The maximum atomic E-state index is 12.4. The first-order valence-corrected chi connectivity index (χ1v) is 6.76. The van der Waals surface area contributed by atoms with Crippen LogP contribution in [-0.2, 0) is 0 Å². The zero-order valence-corrected chi connectivity index (χ0v) is 12.0. The summed E-state index contributed by atoms with van der Waals surface area (Å²) in [5.74, 6) is -2.51. The standard InChI is InChI=1S/C16H18O5/c1-8(2)3-4-10(17)9-7-13(20)14-11(18)5-6-12(19)15(14)16(9)21/h3,5-6,9-10,17-19H,4,7H2,1-2H3. The quantitative estimate of drug-likeness (QED) is 0.586. The largest absolute Gasteiger partial charge is 0.507 e. The molecular weight excluding hydrogens is 272 g/mol. The van der Waals surface area contributed by atoms with Crippen LogP contribution in [0.5, 0.6) is 11.5 Å². The number of aliphatic hydroxyl groups is 1. The lowest BCUT2D eigenvalue weighted by Gasteiger charge is -2.26. The Morgan fingerprint density at radius 3 is 2.38 bits per heavy atom. The van der Waals surface area contributed by atoms with Crippen LogP contribution in [-0.4, -0.2) is 33.0 Å². The Labute approximate surface area is 122 Å². The van der Waals surface area contributed by atoms with Gasteiger partial charge in [0, 0.05) is 6.42 Å². The Balaban J connectivity index is 2.39. The first-order valence-electron chi connectivity index (χ1n) is 6.76. The van der Waals surface area contributed by atoms with Crippen molar-refractivity contribution in [1.29, 1.82) is 0 Å². The number of benzene rings is 1. The smallest absolute Gasteiger partial charge is 0.173 e. The first kappa shape index (κ1) is 15.3. The number of aromatic hydroxyl groups is 2. The van der Waals surface area contributed by atoms with Gasteiger partial charge in [0.25, 0.3) is 0 Å². The van der Waals surface area contributed by atoms with Gasteiger partial charge in [0.05, 0.1) is 23.1 Å². The van der Waals surface area contributed by atoms with E-state index < -0.39 is 23.6 Å². The molecular formula is C16H18O5. The molecule has 0 aliphatic heterocycles. The molecule has 0 saturated heterocycles. The maximum absolute atomic E-state index is 12.4. The van der Waals surface area contributed by atoms with E-state index in [4.69, 9.17) is 0 Å². The molecule has 112 valence electrons. The lowest BCUT2D eigenvalue weighted by atomic mass is 9.77. The molecule has 0 spiro atoms. The summed E-state index contributed by atoms with van der Waals surface area (Å²) < 4.78 is 0. The number of carbonyl (C=O) groups is 2. The second kappa shape index (κ2) is 5.69. The van der Waals surface area contributed by atoms with E-state index in [0.29, 0.717) is 0 Å². The van der Waals surface area contributed by atoms with Gasteiger partial charge < -0.3 is 15.3 Å². The summed E-state index contributed by atoms with van der Waals surface area (Å²) in [4.78, 5) is 24.5. The van der Waals surface area contributed by atoms with Crippen LogP contribution in [0.4, 0.5) is 0 Å². The highest BCUT2D eigenvalue weighted by Gasteiger charge is 2.39. The third-order valence-electron chi connectivity index (χ3n) is 3.66. The second-order valence-corrected chi connectivity index (χ2v) is 5.54. The summed E-state index contributed by atoms with van der Waals surface area (Å²) in [7, 11) is 0.